The van der Waals surface area contributed by atoms with Gasteiger partial charge in [-0.05, 0) is 13.0 Å². The summed E-state index contributed by atoms with van der Waals surface area (Å²) in [5.74, 6) is 0.405. The predicted octanol–water partition coefficient (Wildman–Crippen LogP) is 4.00. The SMILES string of the molecule is COC(=O)Cn1c(=NC(=O)c2c(-c3ccccc3Cl)noc2C)sc2cc3c(cc21)OCCO3. The zero-order chi connectivity index (χ0) is 23.8. The molecule has 1 amide bonds. The lowest BCUT2D eigenvalue weighted by Crippen LogP contribution is -2.22. The van der Waals surface area contributed by atoms with Crippen molar-refractivity contribution in [1.29, 1.82) is 0 Å². The van der Waals surface area contributed by atoms with E-state index in [9.17, 15) is 9.59 Å². The lowest BCUT2D eigenvalue weighted by Gasteiger charge is -2.18. The number of ether oxygens (including phenoxy) is 3. The van der Waals surface area contributed by atoms with Crippen LogP contribution < -0.4 is 14.3 Å². The first-order valence-corrected chi connectivity index (χ1v) is 11.5. The van der Waals surface area contributed by atoms with Crippen molar-refractivity contribution in [2.45, 2.75) is 13.5 Å². The smallest absolute Gasteiger partial charge is 0.325 e. The largest absolute Gasteiger partial charge is 0.486 e. The van der Waals surface area contributed by atoms with Gasteiger partial charge >= 0.3 is 5.97 Å². The first kappa shape index (κ1) is 22.2. The minimum atomic E-state index is -0.573. The molecule has 9 nitrogen and oxygen atoms in total. The summed E-state index contributed by atoms with van der Waals surface area (Å²) in [6, 6.07) is 10.6. The number of benzene rings is 2. The van der Waals surface area contributed by atoms with Crippen LogP contribution in [0, 0.1) is 6.92 Å². The van der Waals surface area contributed by atoms with Crippen molar-refractivity contribution in [2.75, 3.05) is 20.3 Å². The molecule has 0 N–H and O–H groups in total. The number of nitrogens with zero attached hydrogens (tertiary/aromatic N) is 3. The van der Waals surface area contributed by atoms with E-state index in [0.717, 1.165) is 4.70 Å². The molecular formula is C23H18ClN3O6S. The Kier molecular flexibility index (Phi) is 5.84. The van der Waals surface area contributed by atoms with Gasteiger partial charge in [0.05, 0.1) is 22.3 Å². The van der Waals surface area contributed by atoms with Gasteiger partial charge in [-0.1, -0.05) is 46.3 Å². The molecule has 11 heteroatoms. The summed E-state index contributed by atoms with van der Waals surface area (Å²) in [4.78, 5) is 30.2. The van der Waals surface area contributed by atoms with Crippen LogP contribution >= 0.6 is 22.9 Å². The van der Waals surface area contributed by atoms with E-state index in [4.69, 9.17) is 30.3 Å². The number of thiazole rings is 1. The van der Waals surface area contributed by atoms with Crippen LogP contribution in [0.2, 0.25) is 5.02 Å². The molecule has 0 spiro atoms. The van der Waals surface area contributed by atoms with Crippen LogP contribution in [0.3, 0.4) is 0 Å². The third-order valence-electron chi connectivity index (χ3n) is 5.26. The maximum Gasteiger partial charge on any atom is 0.325 e. The third kappa shape index (κ3) is 3.95. The number of aromatic nitrogens is 2. The molecule has 0 atom stereocenters. The fourth-order valence-corrected chi connectivity index (χ4v) is 4.91. The van der Waals surface area contributed by atoms with Crippen LogP contribution in [0.4, 0.5) is 0 Å². The number of hydrogen-bond donors (Lipinski definition) is 0. The summed E-state index contributed by atoms with van der Waals surface area (Å²) in [5.41, 5.74) is 1.72. The molecule has 34 heavy (non-hydrogen) atoms. The van der Waals surface area contributed by atoms with Crippen molar-refractivity contribution in [3.8, 4) is 22.8 Å². The van der Waals surface area contributed by atoms with Gasteiger partial charge in [-0.2, -0.15) is 4.99 Å². The highest BCUT2D eigenvalue weighted by molar-refractivity contribution is 7.16. The summed E-state index contributed by atoms with van der Waals surface area (Å²) < 4.78 is 23.9. The van der Waals surface area contributed by atoms with E-state index >= 15 is 0 Å². The zero-order valence-electron chi connectivity index (χ0n) is 18.2. The second kappa shape index (κ2) is 8.96. The Bertz CT molecular complexity index is 1500. The second-order valence-electron chi connectivity index (χ2n) is 7.37. The van der Waals surface area contributed by atoms with E-state index in [1.165, 1.54) is 18.4 Å². The van der Waals surface area contributed by atoms with E-state index < -0.39 is 11.9 Å². The highest BCUT2D eigenvalue weighted by atomic mass is 35.5. The number of fused-ring (bicyclic) bond motifs is 2. The van der Waals surface area contributed by atoms with Gasteiger partial charge in [0.25, 0.3) is 5.91 Å². The number of carbonyl (C=O) groups excluding carboxylic acids is 2. The van der Waals surface area contributed by atoms with E-state index in [2.05, 4.69) is 10.1 Å². The second-order valence-corrected chi connectivity index (χ2v) is 8.79. The Balaban J connectivity index is 1.67. The number of amides is 1. The number of carbonyl (C=O) groups is 2. The summed E-state index contributed by atoms with van der Waals surface area (Å²) in [5, 5.41) is 4.47. The van der Waals surface area contributed by atoms with Crippen molar-refractivity contribution in [3.63, 3.8) is 0 Å². The Labute approximate surface area is 202 Å². The molecule has 0 saturated carbocycles. The molecular weight excluding hydrogens is 482 g/mol. The number of esters is 1. The van der Waals surface area contributed by atoms with Crippen LogP contribution in [-0.2, 0) is 16.1 Å². The normalized spacial score (nSPS) is 13.3. The maximum absolute atomic E-state index is 13.4. The lowest BCUT2D eigenvalue weighted by atomic mass is 10.1. The minimum Gasteiger partial charge on any atom is -0.486 e. The van der Waals surface area contributed by atoms with Gasteiger partial charge in [0, 0.05) is 17.7 Å². The van der Waals surface area contributed by atoms with E-state index in [-0.39, 0.29) is 12.1 Å². The van der Waals surface area contributed by atoms with Crippen molar-refractivity contribution in [2.24, 2.45) is 4.99 Å². The van der Waals surface area contributed by atoms with Crippen LogP contribution in [0.25, 0.3) is 21.5 Å². The van der Waals surface area contributed by atoms with Gasteiger partial charge in [-0.3, -0.25) is 9.59 Å². The van der Waals surface area contributed by atoms with Crippen molar-refractivity contribution in [3.05, 3.63) is 57.5 Å². The summed E-state index contributed by atoms with van der Waals surface area (Å²) >= 11 is 7.56. The van der Waals surface area contributed by atoms with Gasteiger partial charge in [0.2, 0.25) is 0 Å². The third-order valence-corrected chi connectivity index (χ3v) is 6.64. The Morgan fingerprint density at radius 1 is 1.21 bits per heavy atom. The predicted molar refractivity (Wildman–Crippen MR) is 124 cm³/mol. The van der Waals surface area contributed by atoms with Gasteiger partial charge in [-0.15, -0.1) is 0 Å². The lowest BCUT2D eigenvalue weighted by molar-refractivity contribution is -0.141. The van der Waals surface area contributed by atoms with E-state index in [1.54, 1.807) is 41.8 Å². The topological polar surface area (TPSA) is 105 Å². The summed E-state index contributed by atoms with van der Waals surface area (Å²) in [7, 11) is 1.30. The quantitative estimate of drug-likeness (QED) is 0.391. The van der Waals surface area contributed by atoms with E-state index in [1.807, 2.05) is 6.07 Å². The molecule has 2 aromatic carbocycles. The fraction of sp³-hybridized carbons (Fsp3) is 0.217. The van der Waals surface area contributed by atoms with Crippen LogP contribution in [0.15, 0.2) is 45.9 Å². The molecule has 0 unspecified atom stereocenters. The number of hydrogen-bond acceptors (Lipinski definition) is 8. The number of methoxy groups -OCH3 is 1. The number of rotatable bonds is 4. The molecule has 1 aliphatic rings. The Morgan fingerprint density at radius 2 is 1.94 bits per heavy atom. The molecule has 2 aromatic heterocycles. The fourth-order valence-electron chi connectivity index (χ4n) is 3.64. The Hall–Kier alpha value is -3.63. The van der Waals surface area contributed by atoms with Crippen molar-refractivity contribution >= 4 is 45.0 Å². The molecule has 1 aliphatic heterocycles. The highest BCUT2D eigenvalue weighted by Crippen LogP contribution is 2.36. The van der Waals surface area contributed by atoms with Gasteiger partial charge in [0.1, 0.15) is 36.8 Å². The van der Waals surface area contributed by atoms with Crippen molar-refractivity contribution in [1.82, 2.24) is 9.72 Å². The minimum absolute atomic E-state index is 0.137. The average molecular weight is 500 g/mol. The summed E-state index contributed by atoms with van der Waals surface area (Å²) in [6.45, 7) is 2.36. The molecule has 0 radical (unpaired) electrons. The van der Waals surface area contributed by atoms with Gasteiger partial charge < -0.3 is 23.3 Å². The average Bonchev–Trinajstić information content (AvgIpc) is 3.37. The van der Waals surface area contributed by atoms with Crippen LogP contribution in [0.1, 0.15) is 16.1 Å². The first-order chi connectivity index (χ1) is 16.5. The highest BCUT2D eigenvalue weighted by Gasteiger charge is 2.24. The van der Waals surface area contributed by atoms with E-state index in [0.29, 0.717) is 57.1 Å². The van der Waals surface area contributed by atoms with Crippen molar-refractivity contribution < 1.29 is 28.3 Å². The molecule has 0 aliphatic carbocycles. The molecule has 5 rings (SSSR count). The summed E-state index contributed by atoms with van der Waals surface area (Å²) in [6.07, 6.45) is 0. The van der Waals surface area contributed by atoms with Gasteiger partial charge in [0.15, 0.2) is 16.3 Å². The molecule has 0 bridgehead atoms. The monoisotopic (exact) mass is 499 g/mol. The molecule has 0 fully saturated rings. The van der Waals surface area contributed by atoms with Crippen LogP contribution in [0.5, 0.6) is 11.5 Å². The maximum atomic E-state index is 13.4. The number of aryl methyl sites for hydroxylation is 1. The standard InChI is InChI=1S/C23H18ClN3O6S/c1-12-20(21(26-33-12)13-5-3-4-6-14(13)24)22(29)25-23-27(11-19(28)30-2)15-9-16-17(10-18(15)34-23)32-8-7-31-16/h3-6,9-10H,7-8,11H2,1-2H3. The molecule has 174 valence electrons. The molecule has 4 aromatic rings. The number of halogens is 1. The van der Waals surface area contributed by atoms with Crippen LogP contribution in [-0.4, -0.2) is 41.9 Å². The van der Waals surface area contributed by atoms with Gasteiger partial charge in [-0.25, -0.2) is 0 Å². The molecule has 3 heterocycles. The first-order valence-electron chi connectivity index (χ1n) is 10.3. The Morgan fingerprint density at radius 3 is 2.68 bits per heavy atom. The zero-order valence-corrected chi connectivity index (χ0v) is 19.7. The molecule has 0 saturated heterocycles.